The largest absolute Gasteiger partial charge is 0.349 e. The number of aromatic amines is 1. The van der Waals surface area contributed by atoms with Gasteiger partial charge in [-0.1, -0.05) is 34.1 Å². The van der Waals surface area contributed by atoms with Crippen LogP contribution in [0.3, 0.4) is 0 Å². The number of nitrogens with zero attached hydrogens (tertiary/aromatic N) is 1. The maximum Gasteiger partial charge on any atom is 0.272 e. The molecule has 1 aliphatic carbocycles. The van der Waals surface area contributed by atoms with Crippen LogP contribution in [0.1, 0.15) is 47.7 Å². The van der Waals surface area contributed by atoms with Crippen LogP contribution in [0.2, 0.25) is 0 Å². The summed E-state index contributed by atoms with van der Waals surface area (Å²) in [6.07, 6.45) is 3.69. The van der Waals surface area contributed by atoms with Gasteiger partial charge in [-0.3, -0.25) is 9.59 Å². The average Bonchev–Trinajstić information content (AvgIpc) is 2.70. The molecule has 1 fully saturated rings. The van der Waals surface area contributed by atoms with Crippen LogP contribution >= 0.6 is 15.9 Å². The van der Waals surface area contributed by atoms with Gasteiger partial charge in [-0.25, -0.2) is 5.10 Å². The minimum absolute atomic E-state index is 0.0291. The van der Waals surface area contributed by atoms with E-state index in [4.69, 9.17) is 0 Å². The van der Waals surface area contributed by atoms with Crippen LogP contribution in [0.25, 0.3) is 10.8 Å². The summed E-state index contributed by atoms with van der Waals surface area (Å²) in [6, 6.07) is 15.2. The van der Waals surface area contributed by atoms with Crippen molar-refractivity contribution in [2.24, 2.45) is 0 Å². The molecule has 2 aromatic carbocycles. The van der Waals surface area contributed by atoms with E-state index in [1.54, 1.807) is 0 Å². The predicted octanol–water partition coefficient (Wildman–Crippen LogP) is 4.14. The molecule has 27 heavy (non-hydrogen) atoms. The number of halogens is 1. The predicted molar refractivity (Wildman–Crippen MR) is 109 cm³/mol. The molecule has 3 aromatic rings. The Labute approximate surface area is 165 Å². The lowest BCUT2D eigenvalue weighted by atomic mass is 9.82. The van der Waals surface area contributed by atoms with Gasteiger partial charge in [-0.15, -0.1) is 0 Å². The van der Waals surface area contributed by atoms with E-state index in [2.05, 4.69) is 31.4 Å². The quantitative estimate of drug-likeness (QED) is 0.661. The highest BCUT2D eigenvalue weighted by atomic mass is 79.9. The Balaban J connectivity index is 1.44. The van der Waals surface area contributed by atoms with Gasteiger partial charge >= 0.3 is 0 Å². The molecule has 0 saturated heterocycles. The number of benzene rings is 2. The number of fused-ring (bicyclic) bond motifs is 1. The van der Waals surface area contributed by atoms with Gasteiger partial charge < -0.3 is 5.32 Å². The van der Waals surface area contributed by atoms with E-state index in [0.717, 1.165) is 41.2 Å². The Bertz CT molecular complexity index is 1020. The van der Waals surface area contributed by atoms with Crippen LogP contribution in [-0.4, -0.2) is 22.1 Å². The monoisotopic (exact) mass is 425 g/mol. The summed E-state index contributed by atoms with van der Waals surface area (Å²) >= 11 is 3.38. The van der Waals surface area contributed by atoms with Gasteiger partial charge in [0.1, 0.15) is 0 Å². The smallest absolute Gasteiger partial charge is 0.272 e. The summed E-state index contributed by atoms with van der Waals surface area (Å²) in [5.41, 5.74) is 1.49. The molecular weight excluding hydrogens is 406 g/mol. The van der Waals surface area contributed by atoms with Crippen molar-refractivity contribution in [2.75, 3.05) is 0 Å². The highest BCUT2D eigenvalue weighted by Crippen LogP contribution is 2.34. The van der Waals surface area contributed by atoms with E-state index in [0.29, 0.717) is 16.9 Å². The van der Waals surface area contributed by atoms with E-state index in [-0.39, 0.29) is 17.5 Å². The number of hydrogen-bond donors (Lipinski definition) is 2. The van der Waals surface area contributed by atoms with Crippen molar-refractivity contribution in [3.8, 4) is 0 Å². The number of carbonyl (C=O) groups is 1. The Kier molecular flexibility index (Phi) is 5.07. The minimum Gasteiger partial charge on any atom is -0.349 e. The maximum absolute atomic E-state index is 12.4. The molecule has 1 aliphatic rings. The first kappa shape index (κ1) is 17.9. The van der Waals surface area contributed by atoms with Crippen LogP contribution in [0.5, 0.6) is 0 Å². The van der Waals surface area contributed by atoms with Gasteiger partial charge in [0.2, 0.25) is 0 Å². The molecule has 5 nitrogen and oxygen atoms in total. The van der Waals surface area contributed by atoms with E-state index in [9.17, 15) is 9.59 Å². The summed E-state index contributed by atoms with van der Waals surface area (Å²) in [6.45, 7) is 0. The third-order valence-electron chi connectivity index (χ3n) is 5.28. The Morgan fingerprint density at radius 2 is 1.67 bits per heavy atom. The molecule has 1 amide bonds. The topological polar surface area (TPSA) is 74.8 Å². The van der Waals surface area contributed by atoms with Gasteiger partial charge in [0.15, 0.2) is 0 Å². The Morgan fingerprint density at radius 3 is 2.37 bits per heavy atom. The molecule has 6 heteroatoms. The number of carbonyl (C=O) groups excluding carboxylic acids is 1. The number of hydrogen-bond acceptors (Lipinski definition) is 3. The molecule has 1 aromatic heterocycles. The zero-order chi connectivity index (χ0) is 18.8. The summed E-state index contributed by atoms with van der Waals surface area (Å²) in [5.74, 6) is 0.270. The molecule has 2 N–H and O–H groups in total. The fourth-order valence-electron chi connectivity index (χ4n) is 3.83. The van der Waals surface area contributed by atoms with Crippen molar-refractivity contribution in [3.63, 3.8) is 0 Å². The molecule has 138 valence electrons. The van der Waals surface area contributed by atoms with Crippen LogP contribution in [0.15, 0.2) is 57.8 Å². The summed E-state index contributed by atoms with van der Waals surface area (Å²) in [7, 11) is 0. The molecule has 0 unspecified atom stereocenters. The fraction of sp³-hybridized carbons (Fsp3) is 0.286. The Morgan fingerprint density at radius 1 is 1.00 bits per heavy atom. The number of amides is 1. The molecule has 1 heterocycles. The molecule has 0 aliphatic heterocycles. The maximum atomic E-state index is 12.4. The highest BCUT2D eigenvalue weighted by molar-refractivity contribution is 9.10. The number of nitrogens with one attached hydrogen (secondary N) is 2. The first-order valence-corrected chi connectivity index (χ1v) is 9.95. The highest BCUT2D eigenvalue weighted by Gasteiger charge is 2.26. The van der Waals surface area contributed by atoms with Gasteiger partial charge in [0, 0.05) is 27.4 Å². The van der Waals surface area contributed by atoms with Crippen molar-refractivity contribution in [1.29, 1.82) is 0 Å². The van der Waals surface area contributed by atoms with Crippen molar-refractivity contribution in [2.45, 2.75) is 37.6 Å². The van der Waals surface area contributed by atoms with E-state index >= 15 is 0 Å². The average molecular weight is 426 g/mol. The minimum atomic E-state index is -0.148. The molecule has 4 rings (SSSR count). The molecule has 1 saturated carbocycles. The molecule has 0 radical (unpaired) electrons. The molecule has 0 atom stereocenters. The number of rotatable bonds is 3. The SMILES string of the molecule is O=C(NC1CCC(c2n[nH]c(=O)c3ccccc23)CC1)c1ccc(Br)cc1. The van der Waals surface area contributed by atoms with Gasteiger partial charge in [0.05, 0.1) is 11.1 Å². The first-order chi connectivity index (χ1) is 13.1. The van der Waals surface area contributed by atoms with E-state index in [1.165, 1.54) is 0 Å². The molecular formula is C21H20BrN3O2. The van der Waals surface area contributed by atoms with Crippen molar-refractivity contribution in [1.82, 2.24) is 15.5 Å². The lowest BCUT2D eigenvalue weighted by Crippen LogP contribution is -2.37. The third-order valence-corrected chi connectivity index (χ3v) is 5.81. The van der Waals surface area contributed by atoms with Crippen LogP contribution in [0, 0.1) is 0 Å². The number of aromatic nitrogens is 2. The van der Waals surface area contributed by atoms with Crippen molar-refractivity contribution >= 4 is 32.6 Å². The normalized spacial score (nSPS) is 19.7. The van der Waals surface area contributed by atoms with Crippen LogP contribution < -0.4 is 10.9 Å². The van der Waals surface area contributed by atoms with Gasteiger partial charge in [0.25, 0.3) is 11.5 Å². The third kappa shape index (κ3) is 3.81. The lowest BCUT2D eigenvalue weighted by molar-refractivity contribution is 0.0925. The molecule has 0 spiro atoms. The number of H-pyrrole nitrogens is 1. The van der Waals surface area contributed by atoms with Gasteiger partial charge in [-0.2, -0.15) is 5.10 Å². The second-order valence-corrected chi connectivity index (χ2v) is 7.93. The lowest BCUT2D eigenvalue weighted by Gasteiger charge is -2.29. The summed E-state index contributed by atoms with van der Waals surface area (Å²) < 4.78 is 0.959. The second-order valence-electron chi connectivity index (χ2n) is 7.01. The first-order valence-electron chi connectivity index (χ1n) is 9.15. The molecule has 0 bridgehead atoms. The zero-order valence-corrected chi connectivity index (χ0v) is 16.3. The fourth-order valence-corrected chi connectivity index (χ4v) is 4.09. The van der Waals surface area contributed by atoms with Crippen LogP contribution in [-0.2, 0) is 0 Å². The van der Waals surface area contributed by atoms with E-state index in [1.807, 2.05) is 48.5 Å². The van der Waals surface area contributed by atoms with Crippen LogP contribution in [0.4, 0.5) is 0 Å². The summed E-state index contributed by atoms with van der Waals surface area (Å²) in [5, 5.41) is 11.7. The van der Waals surface area contributed by atoms with Crippen molar-refractivity contribution < 1.29 is 4.79 Å². The van der Waals surface area contributed by atoms with Crippen molar-refractivity contribution in [3.05, 3.63) is 74.6 Å². The second kappa shape index (κ2) is 7.64. The standard InChI is InChI=1S/C21H20BrN3O2/c22-15-9-5-14(6-10-15)20(26)23-16-11-7-13(8-12-16)19-17-3-1-2-4-18(17)21(27)25-24-19/h1-6,9-10,13,16H,7-8,11-12H2,(H,23,26)(H,25,27). The summed E-state index contributed by atoms with van der Waals surface area (Å²) in [4.78, 5) is 24.4. The van der Waals surface area contributed by atoms with E-state index < -0.39 is 0 Å². The zero-order valence-electron chi connectivity index (χ0n) is 14.7. The van der Waals surface area contributed by atoms with Gasteiger partial charge in [-0.05, 0) is 56.0 Å². The Hall–Kier alpha value is -2.47.